The highest BCUT2D eigenvalue weighted by atomic mass is 32.2. The van der Waals surface area contributed by atoms with Crippen LogP contribution in [0, 0.1) is 6.92 Å². The quantitative estimate of drug-likeness (QED) is 0.494. The lowest BCUT2D eigenvalue weighted by Gasteiger charge is -2.20. The van der Waals surface area contributed by atoms with Crippen molar-refractivity contribution in [3.8, 4) is 11.5 Å². The van der Waals surface area contributed by atoms with E-state index < -0.39 is 0 Å². The highest BCUT2D eigenvalue weighted by Gasteiger charge is 2.32. The lowest BCUT2D eigenvalue weighted by atomic mass is 10.2. The number of aryl methyl sites for hydroxylation is 1. The Balaban J connectivity index is 1.64. The van der Waals surface area contributed by atoms with E-state index in [9.17, 15) is 9.59 Å². The van der Waals surface area contributed by atoms with Crippen LogP contribution in [0.5, 0.6) is 11.5 Å². The molecule has 2 aromatic rings. The molecule has 0 aromatic heterocycles. The summed E-state index contributed by atoms with van der Waals surface area (Å²) in [4.78, 5) is 24.6. The van der Waals surface area contributed by atoms with Gasteiger partial charge in [0, 0.05) is 24.5 Å². The summed E-state index contributed by atoms with van der Waals surface area (Å²) >= 11 is 3.03. The summed E-state index contributed by atoms with van der Waals surface area (Å²) in [6.45, 7) is 5.44. The molecule has 7 nitrogen and oxygen atoms in total. The van der Waals surface area contributed by atoms with Gasteiger partial charge in [0.1, 0.15) is 5.37 Å². The van der Waals surface area contributed by atoms with E-state index in [1.807, 2.05) is 18.2 Å². The van der Waals surface area contributed by atoms with Gasteiger partial charge in [-0.3, -0.25) is 9.59 Å². The first-order chi connectivity index (χ1) is 14.9. The predicted molar refractivity (Wildman–Crippen MR) is 124 cm³/mol. The van der Waals surface area contributed by atoms with Gasteiger partial charge in [0.05, 0.1) is 13.7 Å². The molecule has 0 fully saturated rings. The summed E-state index contributed by atoms with van der Waals surface area (Å²) in [6, 6.07) is 13.9. The summed E-state index contributed by atoms with van der Waals surface area (Å²) in [5.41, 5.74) is 2.06. The molecule has 0 saturated carbocycles. The Bertz CT molecular complexity index is 979. The predicted octanol–water partition coefficient (Wildman–Crippen LogP) is 4.18. The van der Waals surface area contributed by atoms with Crippen LogP contribution in [0.1, 0.15) is 30.3 Å². The van der Waals surface area contributed by atoms with Gasteiger partial charge >= 0.3 is 0 Å². The number of amidine groups is 1. The summed E-state index contributed by atoms with van der Waals surface area (Å²) in [5.74, 6) is 1.56. The summed E-state index contributed by atoms with van der Waals surface area (Å²) in [5, 5.41) is 8.20. The smallest absolute Gasteiger partial charge is 0.241 e. The Labute approximate surface area is 190 Å². The van der Waals surface area contributed by atoms with Gasteiger partial charge in [0.2, 0.25) is 11.8 Å². The number of benzene rings is 2. The van der Waals surface area contributed by atoms with Crippen molar-refractivity contribution >= 4 is 40.5 Å². The number of rotatable bonds is 7. The number of methoxy groups -OCH3 is 1. The van der Waals surface area contributed by atoms with E-state index in [0.717, 1.165) is 11.3 Å². The highest BCUT2D eigenvalue weighted by Crippen LogP contribution is 2.41. The van der Waals surface area contributed by atoms with Gasteiger partial charge in [0.15, 0.2) is 16.7 Å². The van der Waals surface area contributed by atoms with E-state index in [-0.39, 0.29) is 17.2 Å². The second kappa shape index (κ2) is 10.6. The molecular weight excluding hydrogens is 434 g/mol. The summed E-state index contributed by atoms with van der Waals surface area (Å²) in [7, 11) is 1.58. The summed E-state index contributed by atoms with van der Waals surface area (Å²) < 4.78 is 11.4. The van der Waals surface area contributed by atoms with Crippen molar-refractivity contribution in [3.05, 3.63) is 53.6 Å². The molecule has 1 N–H and O–H groups in total. The van der Waals surface area contributed by atoms with Crippen molar-refractivity contribution in [1.29, 1.82) is 0 Å². The molecule has 0 saturated heterocycles. The molecule has 1 heterocycles. The van der Waals surface area contributed by atoms with Gasteiger partial charge < -0.3 is 14.8 Å². The molecule has 0 bridgehead atoms. The van der Waals surface area contributed by atoms with Crippen molar-refractivity contribution < 1.29 is 19.1 Å². The van der Waals surface area contributed by atoms with Crippen molar-refractivity contribution in [2.45, 2.75) is 31.0 Å². The average molecular weight is 460 g/mol. The monoisotopic (exact) mass is 459 g/mol. The third kappa shape index (κ3) is 6.18. The van der Waals surface area contributed by atoms with E-state index in [1.54, 1.807) is 18.9 Å². The number of thioether (sulfide) groups is 2. The van der Waals surface area contributed by atoms with E-state index >= 15 is 0 Å². The molecule has 9 heteroatoms. The fourth-order valence-corrected chi connectivity index (χ4v) is 4.74. The Kier molecular flexibility index (Phi) is 7.86. The number of hydrazone groups is 1. The third-order valence-electron chi connectivity index (χ3n) is 4.35. The van der Waals surface area contributed by atoms with Crippen LogP contribution in [-0.4, -0.2) is 41.5 Å². The Morgan fingerprint density at radius 1 is 1.16 bits per heavy atom. The summed E-state index contributed by atoms with van der Waals surface area (Å²) in [6.07, 6.45) is 0. The van der Waals surface area contributed by atoms with E-state index in [1.165, 1.54) is 41.1 Å². The maximum Gasteiger partial charge on any atom is 0.241 e. The molecule has 31 heavy (non-hydrogen) atoms. The van der Waals surface area contributed by atoms with Crippen LogP contribution < -0.4 is 14.8 Å². The fourth-order valence-electron chi connectivity index (χ4n) is 2.88. The maximum absolute atomic E-state index is 12.0. The lowest BCUT2D eigenvalue weighted by molar-refractivity contribution is -0.129. The molecule has 0 radical (unpaired) electrons. The van der Waals surface area contributed by atoms with Gasteiger partial charge in [-0.15, -0.1) is 16.9 Å². The van der Waals surface area contributed by atoms with Crippen LogP contribution in [0.25, 0.3) is 0 Å². The lowest BCUT2D eigenvalue weighted by Crippen LogP contribution is -2.25. The Hall–Kier alpha value is -2.65. The van der Waals surface area contributed by atoms with Gasteiger partial charge in [0.25, 0.3) is 0 Å². The molecule has 1 aliphatic rings. The fraction of sp³-hybridized carbons (Fsp3) is 0.318. The zero-order valence-corrected chi connectivity index (χ0v) is 19.5. The van der Waals surface area contributed by atoms with Crippen LogP contribution >= 0.6 is 23.5 Å². The Morgan fingerprint density at radius 2 is 1.90 bits per heavy atom. The molecular formula is C22H25N3O4S2. The molecule has 164 valence electrons. The molecule has 1 aliphatic heterocycles. The van der Waals surface area contributed by atoms with Crippen LogP contribution in [0.15, 0.2) is 52.5 Å². The second-order valence-corrected chi connectivity index (χ2v) is 9.08. The molecule has 3 rings (SSSR count). The van der Waals surface area contributed by atoms with Gasteiger partial charge in [-0.2, -0.15) is 0 Å². The number of carbonyl (C=O) groups excluding carboxylic acids is 2. The minimum Gasteiger partial charge on any atom is -0.493 e. The average Bonchev–Trinajstić information content (AvgIpc) is 3.16. The number of nitrogens with one attached hydrogen (secondary N) is 1. The van der Waals surface area contributed by atoms with E-state index in [0.29, 0.717) is 23.3 Å². The van der Waals surface area contributed by atoms with E-state index in [2.05, 4.69) is 41.6 Å². The first-order valence-corrected chi connectivity index (χ1v) is 11.6. The largest absolute Gasteiger partial charge is 0.493 e. The SMILES string of the molecule is COc1cc([C@@H]2SC(NC(C)=O)=NN2C(C)=O)ccc1OCCSc1ccc(C)cc1. The standard InChI is InChI=1S/C22H25N3O4S2/c1-14-5-8-18(9-6-14)30-12-11-29-19-10-7-17(13-20(19)28-4)21-25(16(3)27)24-22(31-21)23-15(2)26/h5-10,13,21H,11-12H2,1-4H3,(H,23,24,26)/t21-/m0/s1. The topological polar surface area (TPSA) is 80.2 Å². The first kappa shape index (κ1) is 23.0. The Morgan fingerprint density at radius 3 is 2.55 bits per heavy atom. The van der Waals surface area contributed by atoms with Crippen LogP contribution in [0.2, 0.25) is 0 Å². The number of hydrogen-bond donors (Lipinski definition) is 1. The normalized spacial score (nSPS) is 15.4. The van der Waals surface area contributed by atoms with Gasteiger partial charge in [-0.25, -0.2) is 5.01 Å². The number of ether oxygens (including phenoxy) is 2. The highest BCUT2D eigenvalue weighted by molar-refractivity contribution is 8.14. The number of hydrogen-bond acceptors (Lipinski definition) is 7. The maximum atomic E-state index is 12.0. The molecule has 2 aromatic carbocycles. The van der Waals surface area contributed by atoms with Crippen molar-refractivity contribution in [2.24, 2.45) is 5.10 Å². The zero-order chi connectivity index (χ0) is 22.4. The minimum atomic E-state index is -0.389. The first-order valence-electron chi connectivity index (χ1n) is 9.70. The molecule has 0 spiro atoms. The number of nitrogens with zero attached hydrogens (tertiary/aromatic N) is 2. The molecule has 1 atom stereocenters. The molecule has 0 unspecified atom stereocenters. The number of amides is 2. The molecule has 0 aliphatic carbocycles. The van der Waals surface area contributed by atoms with Gasteiger partial charge in [-0.1, -0.05) is 35.5 Å². The van der Waals surface area contributed by atoms with Gasteiger partial charge in [-0.05, 0) is 36.8 Å². The number of carbonyl (C=O) groups is 2. The van der Waals surface area contributed by atoms with E-state index in [4.69, 9.17) is 9.47 Å². The second-order valence-electron chi connectivity index (χ2n) is 6.84. The van der Waals surface area contributed by atoms with Crippen LogP contribution in [0.3, 0.4) is 0 Å². The minimum absolute atomic E-state index is 0.217. The van der Waals surface area contributed by atoms with Crippen LogP contribution in [-0.2, 0) is 9.59 Å². The third-order valence-corrected chi connectivity index (χ3v) is 6.43. The van der Waals surface area contributed by atoms with Crippen molar-refractivity contribution in [3.63, 3.8) is 0 Å². The van der Waals surface area contributed by atoms with Crippen molar-refractivity contribution in [1.82, 2.24) is 10.3 Å². The molecule has 2 amide bonds. The van der Waals surface area contributed by atoms with Crippen molar-refractivity contribution in [2.75, 3.05) is 19.5 Å². The van der Waals surface area contributed by atoms with Crippen LogP contribution in [0.4, 0.5) is 0 Å². The zero-order valence-electron chi connectivity index (χ0n) is 17.9.